The normalized spacial score (nSPS) is 28.7. The zero-order valence-electron chi connectivity index (χ0n) is 18.3. The smallest absolute Gasteiger partial charge is 0.320 e. The van der Waals surface area contributed by atoms with Crippen molar-refractivity contribution in [1.82, 2.24) is 29.7 Å². The highest BCUT2D eigenvalue weighted by Crippen LogP contribution is 2.32. The summed E-state index contributed by atoms with van der Waals surface area (Å²) < 4.78 is 7.59. The van der Waals surface area contributed by atoms with E-state index in [0.29, 0.717) is 36.8 Å². The van der Waals surface area contributed by atoms with Crippen molar-refractivity contribution in [3.05, 3.63) is 12.7 Å². The number of imidazole rings is 1. The second-order valence-corrected chi connectivity index (χ2v) is 8.75. The fourth-order valence-corrected chi connectivity index (χ4v) is 4.50. The maximum absolute atomic E-state index is 11.1. The lowest BCUT2D eigenvalue weighted by atomic mass is 10.1. The Hall–Kier alpha value is -2.42. The van der Waals surface area contributed by atoms with Crippen molar-refractivity contribution in [3.8, 4) is 0 Å². The lowest BCUT2D eigenvalue weighted by Crippen LogP contribution is -2.43. The summed E-state index contributed by atoms with van der Waals surface area (Å²) in [5.41, 5.74) is 12.3. The van der Waals surface area contributed by atoms with Gasteiger partial charge in [-0.1, -0.05) is 0 Å². The summed E-state index contributed by atoms with van der Waals surface area (Å²) in [6.45, 7) is 2.44. The number of aliphatic carboxylic acids is 1. The van der Waals surface area contributed by atoms with Crippen molar-refractivity contribution in [3.63, 3.8) is 0 Å². The summed E-state index contributed by atoms with van der Waals surface area (Å²) in [5.74, 6) is -0.835. The van der Waals surface area contributed by atoms with Crippen LogP contribution in [0.3, 0.4) is 0 Å². The first-order valence-electron chi connectivity index (χ1n) is 11.2. The van der Waals surface area contributed by atoms with Crippen LogP contribution in [0.25, 0.3) is 11.2 Å². The lowest BCUT2D eigenvalue weighted by Gasteiger charge is -2.28. The van der Waals surface area contributed by atoms with Crippen molar-refractivity contribution in [2.24, 2.45) is 5.73 Å². The molecule has 2 aliphatic rings. The molecule has 33 heavy (non-hydrogen) atoms. The van der Waals surface area contributed by atoms with Gasteiger partial charge in [-0.3, -0.25) is 9.36 Å². The summed E-state index contributed by atoms with van der Waals surface area (Å²) in [7, 11) is 0. The minimum atomic E-state index is -1.21. The van der Waals surface area contributed by atoms with Crippen LogP contribution in [0, 0.1) is 0 Å². The predicted octanol–water partition coefficient (Wildman–Crippen LogP) is -1.73. The number of carboxylic acids is 1. The number of rotatable bonds is 10. The molecule has 6 atom stereocenters. The molecule has 2 aromatic heterocycles. The highest BCUT2D eigenvalue weighted by Gasteiger charge is 2.45. The van der Waals surface area contributed by atoms with Crippen LogP contribution in [-0.4, -0.2) is 102 Å². The lowest BCUT2D eigenvalue weighted by molar-refractivity contribution is -0.138. The number of fused-ring (bicyclic) bond motifs is 1. The number of hydrogen-bond acceptors (Lipinski definition) is 11. The van der Waals surface area contributed by atoms with Gasteiger partial charge in [0.2, 0.25) is 0 Å². The summed E-state index contributed by atoms with van der Waals surface area (Å²) in [4.78, 5) is 25.5. The van der Waals surface area contributed by atoms with E-state index in [1.54, 1.807) is 0 Å². The number of nitrogens with two attached hydrogens (primary N) is 2. The van der Waals surface area contributed by atoms with Gasteiger partial charge in [0.15, 0.2) is 17.7 Å². The van der Waals surface area contributed by atoms with E-state index in [4.69, 9.17) is 21.3 Å². The number of aliphatic hydroxyl groups is 2. The molecular formula is C20H32N8O5. The number of aliphatic hydroxyl groups excluding tert-OH is 2. The number of ether oxygens (including phenoxy) is 1. The van der Waals surface area contributed by atoms with Crippen molar-refractivity contribution in [2.45, 2.75) is 62.3 Å². The van der Waals surface area contributed by atoms with Gasteiger partial charge in [0.25, 0.3) is 0 Å². The second kappa shape index (κ2) is 10.2. The van der Waals surface area contributed by atoms with Gasteiger partial charge in [-0.2, -0.15) is 0 Å². The van der Waals surface area contributed by atoms with E-state index in [0.717, 1.165) is 25.8 Å². The summed E-state index contributed by atoms with van der Waals surface area (Å²) in [6, 6.07) is -0.553. The van der Waals surface area contributed by atoms with E-state index in [1.807, 2.05) is 4.90 Å². The van der Waals surface area contributed by atoms with Gasteiger partial charge < -0.3 is 41.7 Å². The molecule has 13 nitrogen and oxygen atoms in total. The zero-order valence-corrected chi connectivity index (χ0v) is 18.3. The third-order valence-corrected chi connectivity index (χ3v) is 6.47. The maximum Gasteiger partial charge on any atom is 0.320 e. The first-order valence-corrected chi connectivity index (χ1v) is 11.2. The molecule has 0 saturated carbocycles. The Bertz CT molecular complexity index is 952. The molecular weight excluding hydrogens is 432 g/mol. The van der Waals surface area contributed by atoms with E-state index < -0.39 is 36.6 Å². The number of anilines is 1. The van der Waals surface area contributed by atoms with Gasteiger partial charge in [-0.05, 0) is 38.8 Å². The van der Waals surface area contributed by atoms with E-state index >= 15 is 0 Å². The molecule has 2 fully saturated rings. The zero-order chi connectivity index (χ0) is 23.5. The summed E-state index contributed by atoms with van der Waals surface area (Å²) in [5, 5.41) is 34.0. The number of hydrogen-bond donors (Lipinski definition) is 6. The van der Waals surface area contributed by atoms with Gasteiger partial charge >= 0.3 is 5.97 Å². The molecule has 0 amide bonds. The molecule has 2 aliphatic heterocycles. The van der Waals surface area contributed by atoms with E-state index in [-0.39, 0.29) is 12.2 Å². The average molecular weight is 465 g/mol. The van der Waals surface area contributed by atoms with Gasteiger partial charge in [-0.25, -0.2) is 15.0 Å². The maximum atomic E-state index is 11.1. The number of carboxylic acid groups (broad SMARTS) is 1. The third-order valence-electron chi connectivity index (χ3n) is 6.47. The number of nitrogen functional groups attached to an aromatic ring is 1. The molecule has 0 aromatic carbocycles. The second-order valence-electron chi connectivity index (χ2n) is 8.75. The summed E-state index contributed by atoms with van der Waals surface area (Å²) in [6.07, 6.45) is 2.20. The molecule has 2 aromatic rings. The molecule has 0 spiro atoms. The van der Waals surface area contributed by atoms with Crippen LogP contribution in [0.15, 0.2) is 12.7 Å². The quantitative estimate of drug-likeness (QED) is 0.233. The highest BCUT2D eigenvalue weighted by atomic mass is 16.6. The van der Waals surface area contributed by atoms with Crippen LogP contribution in [-0.2, 0) is 9.53 Å². The Balaban J connectivity index is 1.45. The molecule has 8 N–H and O–H groups in total. The van der Waals surface area contributed by atoms with Crippen LogP contribution in [0.1, 0.15) is 31.9 Å². The van der Waals surface area contributed by atoms with Crippen LogP contribution in [0.4, 0.5) is 5.82 Å². The fourth-order valence-electron chi connectivity index (χ4n) is 4.50. The van der Waals surface area contributed by atoms with E-state index in [9.17, 15) is 15.0 Å². The Morgan fingerprint density at radius 2 is 2.12 bits per heavy atom. The van der Waals surface area contributed by atoms with Crippen LogP contribution >= 0.6 is 0 Å². The monoisotopic (exact) mass is 464 g/mol. The molecule has 0 unspecified atom stereocenters. The van der Waals surface area contributed by atoms with Gasteiger partial charge in [0.05, 0.1) is 6.33 Å². The highest BCUT2D eigenvalue weighted by molar-refractivity contribution is 5.81. The Kier molecular flexibility index (Phi) is 7.36. The minimum absolute atomic E-state index is 0.213. The van der Waals surface area contributed by atoms with Crippen molar-refractivity contribution >= 4 is 23.0 Å². The van der Waals surface area contributed by atoms with Crippen LogP contribution in [0.5, 0.6) is 0 Å². The molecule has 0 radical (unpaired) electrons. The topological polar surface area (TPSA) is 198 Å². The molecule has 13 heteroatoms. The average Bonchev–Trinajstić information content (AvgIpc) is 3.52. The Morgan fingerprint density at radius 1 is 1.30 bits per heavy atom. The summed E-state index contributed by atoms with van der Waals surface area (Å²) >= 11 is 0. The largest absolute Gasteiger partial charge is 0.480 e. The van der Waals surface area contributed by atoms with Crippen molar-refractivity contribution in [1.29, 1.82) is 0 Å². The fraction of sp³-hybridized carbons (Fsp3) is 0.700. The Labute approximate surface area is 190 Å². The molecule has 182 valence electrons. The molecule has 0 bridgehead atoms. The predicted molar refractivity (Wildman–Crippen MR) is 118 cm³/mol. The molecule has 4 heterocycles. The SMILES string of the molecule is Nc1ncnc2c1ncn2[C@@H]1O[C@H](CN(CC[C@H]2CCCN2)CC[C@H](N)C(=O)O)[C@@H](O)[C@H]1O. The number of carbonyl (C=O) groups is 1. The molecule has 2 saturated heterocycles. The van der Waals surface area contributed by atoms with E-state index in [2.05, 4.69) is 20.3 Å². The number of nitrogens with zero attached hydrogens (tertiary/aromatic N) is 5. The molecule has 0 aliphatic carbocycles. The molecule has 4 rings (SSSR count). The first kappa shape index (κ1) is 23.7. The van der Waals surface area contributed by atoms with Crippen molar-refractivity contribution in [2.75, 3.05) is 31.9 Å². The standard InChI is InChI=1S/C20H32N8O5/c21-12(20(31)32)4-7-27(6-3-11-2-1-5-23-11)8-13-15(29)16(30)19(33-13)28-10-26-14-17(22)24-9-25-18(14)28/h9-13,15-16,19,23,29-30H,1-8,21H2,(H,31,32)(H2,22,24,25)/t11-,12+,13-,15-,16-,19-/m1/s1. The number of aromatic nitrogens is 4. The minimum Gasteiger partial charge on any atom is -0.480 e. The van der Waals surface area contributed by atoms with Gasteiger partial charge in [0.1, 0.15) is 36.2 Å². The number of nitrogens with one attached hydrogen (secondary N) is 1. The van der Waals surface area contributed by atoms with Crippen molar-refractivity contribution < 1.29 is 24.9 Å². The van der Waals surface area contributed by atoms with Gasteiger partial charge in [-0.15, -0.1) is 0 Å². The third kappa shape index (κ3) is 5.23. The first-order chi connectivity index (χ1) is 15.8. The Morgan fingerprint density at radius 3 is 2.85 bits per heavy atom. The van der Waals surface area contributed by atoms with E-state index in [1.165, 1.54) is 17.2 Å². The van der Waals surface area contributed by atoms with Crippen LogP contribution in [0.2, 0.25) is 0 Å². The van der Waals surface area contributed by atoms with Crippen LogP contribution < -0.4 is 16.8 Å². The van der Waals surface area contributed by atoms with Gasteiger partial charge in [0, 0.05) is 19.1 Å².